The zero-order valence-corrected chi connectivity index (χ0v) is 13.1. The Morgan fingerprint density at radius 3 is 2.43 bits per heavy atom. The summed E-state index contributed by atoms with van der Waals surface area (Å²) >= 11 is 0. The van der Waals surface area contributed by atoms with Crippen LogP contribution in [-0.2, 0) is 14.3 Å². The minimum Gasteiger partial charge on any atom is -0.481 e. The minimum atomic E-state index is -0.885. The Kier molecular flexibility index (Phi) is 5.25. The largest absolute Gasteiger partial charge is 0.481 e. The van der Waals surface area contributed by atoms with E-state index in [1.54, 1.807) is 0 Å². The van der Waals surface area contributed by atoms with Crippen molar-refractivity contribution in [2.75, 3.05) is 13.2 Å². The maximum atomic E-state index is 12.5. The number of hydrogen-bond acceptors (Lipinski definition) is 3. The molecule has 1 amide bonds. The highest BCUT2D eigenvalue weighted by atomic mass is 16.5. The normalized spacial score (nSPS) is 33.1. The summed E-state index contributed by atoms with van der Waals surface area (Å²) in [5.74, 6) is 0.562. The summed E-state index contributed by atoms with van der Waals surface area (Å²) in [6, 6.07) is 0. The van der Waals surface area contributed by atoms with Gasteiger partial charge in [-0.3, -0.25) is 9.59 Å². The van der Waals surface area contributed by atoms with Crippen molar-refractivity contribution in [2.45, 2.75) is 57.9 Å². The number of aliphatic carboxylic acids is 1. The van der Waals surface area contributed by atoms with Crippen molar-refractivity contribution < 1.29 is 19.4 Å². The average Bonchev–Trinajstić information content (AvgIpc) is 2.86. The molecule has 1 atom stereocenters. The summed E-state index contributed by atoms with van der Waals surface area (Å²) in [5.41, 5.74) is -0.697. The molecule has 1 aliphatic heterocycles. The number of nitrogens with one attached hydrogen (secondary N) is 1. The van der Waals surface area contributed by atoms with Gasteiger partial charge in [0.05, 0.1) is 18.6 Å². The number of rotatable bonds is 5. The van der Waals surface area contributed by atoms with Crippen LogP contribution in [0.5, 0.6) is 0 Å². The van der Waals surface area contributed by atoms with Gasteiger partial charge in [0.1, 0.15) is 0 Å². The predicted octanol–water partition coefficient (Wildman–Crippen LogP) is 2.20. The molecule has 2 rings (SSSR count). The summed E-state index contributed by atoms with van der Waals surface area (Å²) in [4.78, 5) is 23.5. The van der Waals surface area contributed by atoms with E-state index in [9.17, 15) is 9.59 Å². The van der Waals surface area contributed by atoms with Crippen molar-refractivity contribution in [1.82, 2.24) is 5.32 Å². The molecule has 2 aliphatic rings. The molecule has 0 spiro atoms. The topological polar surface area (TPSA) is 75.6 Å². The number of carboxylic acids is 1. The van der Waals surface area contributed by atoms with Crippen molar-refractivity contribution >= 4 is 11.9 Å². The fraction of sp³-hybridized carbons (Fsp3) is 0.875. The van der Waals surface area contributed by atoms with Crippen LogP contribution in [0.4, 0.5) is 0 Å². The lowest BCUT2D eigenvalue weighted by atomic mass is 9.76. The SMILES string of the molecule is CC(C)C1CCC(C(=O)NC2(CC(=O)O)CCOC2)CC1. The van der Waals surface area contributed by atoms with Crippen molar-refractivity contribution in [2.24, 2.45) is 17.8 Å². The molecule has 0 aromatic heterocycles. The van der Waals surface area contributed by atoms with Crippen molar-refractivity contribution in [3.63, 3.8) is 0 Å². The van der Waals surface area contributed by atoms with E-state index in [1.807, 2.05) is 0 Å². The molecule has 5 heteroatoms. The molecule has 1 saturated carbocycles. The molecule has 120 valence electrons. The maximum absolute atomic E-state index is 12.5. The summed E-state index contributed by atoms with van der Waals surface area (Å²) in [5, 5.41) is 12.0. The molecular weight excluding hydrogens is 270 g/mol. The van der Waals surface area contributed by atoms with E-state index in [4.69, 9.17) is 9.84 Å². The Morgan fingerprint density at radius 2 is 1.95 bits per heavy atom. The number of carbonyl (C=O) groups excluding carboxylic acids is 1. The lowest BCUT2D eigenvalue weighted by molar-refractivity contribution is -0.139. The van der Waals surface area contributed by atoms with Crippen LogP contribution < -0.4 is 5.32 Å². The first-order valence-corrected chi connectivity index (χ1v) is 8.03. The molecule has 2 N–H and O–H groups in total. The van der Waals surface area contributed by atoms with Crippen LogP contribution in [0, 0.1) is 17.8 Å². The number of hydrogen-bond donors (Lipinski definition) is 2. The van der Waals surface area contributed by atoms with Gasteiger partial charge in [-0.1, -0.05) is 13.8 Å². The van der Waals surface area contributed by atoms with Gasteiger partial charge in [0, 0.05) is 12.5 Å². The Morgan fingerprint density at radius 1 is 1.29 bits per heavy atom. The van der Waals surface area contributed by atoms with Gasteiger partial charge in [0.25, 0.3) is 0 Å². The second-order valence-electron chi connectivity index (χ2n) is 7.00. The van der Waals surface area contributed by atoms with E-state index in [0.717, 1.165) is 31.6 Å². The van der Waals surface area contributed by atoms with Crippen LogP contribution in [0.25, 0.3) is 0 Å². The molecule has 2 fully saturated rings. The van der Waals surface area contributed by atoms with E-state index in [1.165, 1.54) is 0 Å². The lowest BCUT2D eigenvalue weighted by Crippen LogP contribution is -2.52. The van der Waals surface area contributed by atoms with Crippen molar-refractivity contribution in [3.05, 3.63) is 0 Å². The maximum Gasteiger partial charge on any atom is 0.305 e. The standard InChI is InChI=1S/C16H27NO4/c1-11(2)12-3-5-13(6-4-12)15(20)17-16(9-14(18)19)7-8-21-10-16/h11-13H,3-10H2,1-2H3,(H,17,20)(H,18,19). The number of amides is 1. The average molecular weight is 297 g/mol. The second-order valence-corrected chi connectivity index (χ2v) is 7.00. The summed E-state index contributed by atoms with van der Waals surface area (Å²) < 4.78 is 5.32. The summed E-state index contributed by atoms with van der Waals surface area (Å²) in [6.07, 6.45) is 4.56. The van der Waals surface area contributed by atoms with Crippen LogP contribution in [0.1, 0.15) is 52.4 Å². The van der Waals surface area contributed by atoms with Gasteiger partial charge in [-0.15, -0.1) is 0 Å². The molecule has 1 heterocycles. The third kappa shape index (κ3) is 4.19. The number of carboxylic acid groups (broad SMARTS) is 1. The van der Waals surface area contributed by atoms with E-state index < -0.39 is 11.5 Å². The quantitative estimate of drug-likeness (QED) is 0.815. The molecule has 0 bridgehead atoms. The van der Waals surface area contributed by atoms with Crippen molar-refractivity contribution in [1.29, 1.82) is 0 Å². The molecule has 5 nitrogen and oxygen atoms in total. The molecule has 1 aliphatic carbocycles. The first-order chi connectivity index (χ1) is 9.92. The van der Waals surface area contributed by atoms with E-state index in [2.05, 4.69) is 19.2 Å². The number of carbonyl (C=O) groups is 2. The number of ether oxygens (including phenoxy) is 1. The zero-order valence-electron chi connectivity index (χ0n) is 13.1. The Balaban J connectivity index is 1.90. The first-order valence-electron chi connectivity index (χ1n) is 8.03. The Bertz CT molecular complexity index is 380. The highest BCUT2D eigenvalue weighted by Gasteiger charge is 2.40. The summed E-state index contributed by atoms with van der Waals surface area (Å²) in [6.45, 7) is 5.31. The monoisotopic (exact) mass is 297 g/mol. The van der Waals surface area contributed by atoms with Gasteiger partial charge in [0.15, 0.2) is 0 Å². The van der Waals surface area contributed by atoms with E-state index in [0.29, 0.717) is 25.6 Å². The van der Waals surface area contributed by atoms with Crippen molar-refractivity contribution in [3.8, 4) is 0 Å². The summed E-state index contributed by atoms with van der Waals surface area (Å²) in [7, 11) is 0. The second kappa shape index (κ2) is 6.77. The molecule has 1 saturated heterocycles. The molecule has 0 aromatic rings. The first kappa shape index (κ1) is 16.3. The van der Waals surface area contributed by atoms with Gasteiger partial charge in [-0.25, -0.2) is 0 Å². The third-order valence-electron chi connectivity index (χ3n) is 5.07. The zero-order chi connectivity index (χ0) is 15.5. The van der Waals surface area contributed by atoms with Gasteiger partial charge >= 0.3 is 5.97 Å². The smallest absolute Gasteiger partial charge is 0.305 e. The highest BCUT2D eigenvalue weighted by Crippen LogP contribution is 2.34. The van der Waals surface area contributed by atoms with Crippen LogP contribution in [0.2, 0.25) is 0 Å². The van der Waals surface area contributed by atoms with Crippen LogP contribution in [0.15, 0.2) is 0 Å². The van der Waals surface area contributed by atoms with Gasteiger partial charge < -0.3 is 15.2 Å². The lowest BCUT2D eigenvalue weighted by Gasteiger charge is -2.33. The van der Waals surface area contributed by atoms with E-state index in [-0.39, 0.29) is 18.2 Å². The van der Waals surface area contributed by atoms with Crippen LogP contribution in [0.3, 0.4) is 0 Å². The van der Waals surface area contributed by atoms with Crippen LogP contribution in [-0.4, -0.2) is 35.7 Å². The minimum absolute atomic E-state index is 0.0176. The fourth-order valence-corrected chi connectivity index (χ4v) is 3.59. The third-order valence-corrected chi connectivity index (χ3v) is 5.07. The van der Waals surface area contributed by atoms with Gasteiger partial charge in [-0.2, -0.15) is 0 Å². The highest BCUT2D eigenvalue weighted by molar-refractivity contribution is 5.80. The van der Waals surface area contributed by atoms with Gasteiger partial charge in [-0.05, 0) is 43.9 Å². The van der Waals surface area contributed by atoms with E-state index >= 15 is 0 Å². The molecule has 0 aromatic carbocycles. The molecular formula is C16H27NO4. The fourth-order valence-electron chi connectivity index (χ4n) is 3.59. The Labute approximate surface area is 126 Å². The molecule has 21 heavy (non-hydrogen) atoms. The van der Waals surface area contributed by atoms with Crippen LogP contribution >= 0.6 is 0 Å². The molecule has 0 radical (unpaired) electrons. The predicted molar refractivity (Wildman–Crippen MR) is 78.8 cm³/mol. The van der Waals surface area contributed by atoms with Gasteiger partial charge in [0.2, 0.25) is 5.91 Å². The Hall–Kier alpha value is -1.10. The molecule has 1 unspecified atom stereocenters.